The molecule has 0 bridgehead atoms. The minimum atomic E-state index is -0.314. The molecule has 0 fully saturated rings. The highest BCUT2D eigenvalue weighted by Crippen LogP contribution is 2.24. The second kappa shape index (κ2) is 6.76. The first-order valence-corrected chi connectivity index (χ1v) is 5.98. The van der Waals surface area contributed by atoms with E-state index in [2.05, 4.69) is 25.6 Å². The number of hydrogen-bond acceptors (Lipinski definition) is 4. The molecule has 0 saturated heterocycles. The molecule has 0 amide bonds. The second-order valence-corrected chi connectivity index (χ2v) is 4.12. The van der Waals surface area contributed by atoms with E-state index in [-0.39, 0.29) is 24.6 Å². The fourth-order valence-electron chi connectivity index (χ4n) is 1.60. The molecule has 16 heavy (non-hydrogen) atoms. The van der Waals surface area contributed by atoms with Crippen LogP contribution in [0.25, 0.3) is 0 Å². The predicted octanol–water partition coefficient (Wildman–Crippen LogP) is 2.34. The van der Waals surface area contributed by atoms with E-state index in [1.165, 1.54) is 0 Å². The lowest BCUT2D eigenvalue weighted by Gasteiger charge is -2.24. The van der Waals surface area contributed by atoms with E-state index in [0.717, 1.165) is 11.3 Å². The average Bonchev–Trinajstić information content (AvgIpc) is 2.27. The molecule has 2 atom stereocenters. The van der Waals surface area contributed by atoms with Crippen LogP contribution in [0.15, 0.2) is 23.1 Å². The van der Waals surface area contributed by atoms with Crippen LogP contribution in [0.5, 0.6) is 0 Å². The van der Waals surface area contributed by atoms with Crippen LogP contribution in [0.1, 0.15) is 20.3 Å². The molecule has 0 spiro atoms. The summed E-state index contributed by atoms with van der Waals surface area (Å²) < 4.78 is 10.3. The SMILES string of the molecule is CCOC(=O)COC1C=CC(S)=CC1CC. The highest BCUT2D eigenvalue weighted by atomic mass is 32.1. The zero-order chi connectivity index (χ0) is 12.0. The average molecular weight is 242 g/mol. The molecular weight excluding hydrogens is 224 g/mol. The number of allylic oxidation sites excluding steroid dienone is 1. The standard InChI is InChI=1S/C12H18O3S/c1-3-9-7-10(16)5-6-11(9)15-8-12(13)14-4-2/h5-7,9,11,16H,3-4,8H2,1-2H3. The number of carbonyl (C=O) groups excluding carboxylic acids is 1. The quantitative estimate of drug-likeness (QED) is 0.594. The van der Waals surface area contributed by atoms with Crippen molar-refractivity contribution in [1.29, 1.82) is 0 Å². The van der Waals surface area contributed by atoms with Crippen LogP contribution in [0.3, 0.4) is 0 Å². The molecule has 0 radical (unpaired) electrons. The molecule has 3 nitrogen and oxygen atoms in total. The van der Waals surface area contributed by atoms with E-state index in [9.17, 15) is 4.79 Å². The van der Waals surface area contributed by atoms with E-state index in [4.69, 9.17) is 9.47 Å². The maximum Gasteiger partial charge on any atom is 0.332 e. The van der Waals surface area contributed by atoms with Crippen molar-refractivity contribution in [2.45, 2.75) is 26.4 Å². The number of carbonyl (C=O) groups is 1. The second-order valence-electron chi connectivity index (χ2n) is 3.60. The van der Waals surface area contributed by atoms with Crippen LogP contribution in [0, 0.1) is 5.92 Å². The molecule has 0 aliphatic heterocycles. The van der Waals surface area contributed by atoms with E-state index < -0.39 is 0 Å². The fraction of sp³-hybridized carbons (Fsp3) is 0.583. The molecule has 1 aliphatic carbocycles. The van der Waals surface area contributed by atoms with Gasteiger partial charge < -0.3 is 9.47 Å². The van der Waals surface area contributed by atoms with Crippen LogP contribution in [0.4, 0.5) is 0 Å². The first-order chi connectivity index (χ1) is 7.67. The number of ether oxygens (including phenoxy) is 2. The van der Waals surface area contributed by atoms with E-state index in [1.54, 1.807) is 6.92 Å². The van der Waals surface area contributed by atoms with Crippen molar-refractivity contribution >= 4 is 18.6 Å². The molecule has 0 heterocycles. The molecule has 0 aromatic carbocycles. The lowest BCUT2D eigenvalue weighted by atomic mass is 9.95. The van der Waals surface area contributed by atoms with Crippen LogP contribution in [-0.4, -0.2) is 25.3 Å². The number of hydrogen-bond donors (Lipinski definition) is 1. The lowest BCUT2D eigenvalue weighted by molar-refractivity contribution is -0.150. The van der Waals surface area contributed by atoms with Crippen molar-refractivity contribution in [2.75, 3.05) is 13.2 Å². The van der Waals surface area contributed by atoms with E-state index in [1.807, 2.05) is 12.2 Å². The van der Waals surface area contributed by atoms with Gasteiger partial charge in [-0.2, -0.15) is 0 Å². The Kier molecular flexibility index (Phi) is 5.63. The molecule has 2 unspecified atom stereocenters. The Balaban J connectivity index is 2.42. The van der Waals surface area contributed by atoms with Crippen molar-refractivity contribution in [3.8, 4) is 0 Å². The summed E-state index contributed by atoms with van der Waals surface area (Å²) in [7, 11) is 0. The van der Waals surface area contributed by atoms with Crippen LogP contribution >= 0.6 is 12.6 Å². The topological polar surface area (TPSA) is 35.5 Å². The van der Waals surface area contributed by atoms with Crippen molar-refractivity contribution in [1.82, 2.24) is 0 Å². The first-order valence-electron chi connectivity index (χ1n) is 5.53. The minimum Gasteiger partial charge on any atom is -0.464 e. The van der Waals surface area contributed by atoms with Crippen molar-refractivity contribution in [3.05, 3.63) is 23.1 Å². The Hall–Kier alpha value is -0.740. The van der Waals surface area contributed by atoms with Gasteiger partial charge in [-0.15, -0.1) is 12.6 Å². The summed E-state index contributed by atoms with van der Waals surface area (Å²) in [5.74, 6) is -0.0293. The summed E-state index contributed by atoms with van der Waals surface area (Å²) in [4.78, 5) is 12.1. The van der Waals surface area contributed by atoms with Crippen molar-refractivity contribution in [3.63, 3.8) is 0 Å². The zero-order valence-corrected chi connectivity index (χ0v) is 10.6. The maximum absolute atomic E-state index is 11.1. The van der Waals surface area contributed by atoms with Gasteiger partial charge in [-0.05, 0) is 13.3 Å². The predicted molar refractivity (Wildman–Crippen MR) is 66.4 cm³/mol. The van der Waals surface area contributed by atoms with Crippen LogP contribution < -0.4 is 0 Å². The first kappa shape index (κ1) is 13.3. The molecule has 4 heteroatoms. The van der Waals surface area contributed by atoms with Crippen molar-refractivity contribution < 1.29 is 14.3 Å². The van der Waals surface area contributed by atoms with Gasteiger partial charge in [0.15, 0.2) is 0 Å². The third-order valence-electron chi connectivity index (χ3n) is 2.43. The van der Waals surface area contributed by atoms with Gasteiger partial charge in [0.05, 0.1) is 12.7 Å². The number of thiol groups is 1. The normalized spacial score (nSPS) is 24.1. The Morgan fingerprint density at radius 1 is 1.50 bits per heavy atom. The molecule has 1 rings (SSSR count). The third-order valence-corrected chi connectivity index (χ3v) is 2.73. The highest BCUT2D eigenvalue weighted by Gasteiger charge is 2.20. The minimum absolute atomic E-state index is 0.00902. The number of rotatable bonds is 5. The van der Waals surface area contributed by atoms with Gasteiger partial charge in [0, 0.05) is 10.8 Å². The molecule has 90 valence electrons. The fourth-order valence-corrected chi connectivity index (χ4v) is 1.88. The molecule has 0 aromatic heterocycles. The third kappa shape index (κ3) is 4.02. The summed E-state index contributed by atoms with van der Waals surface area (Å²) in [5, 5.41) is 0. The largest absolute Gasteiger partial charge is 0.464 e. The van der Waals surface area contributed by atoms with E-state index in [0.29, 0.717) is 6.61 Å². The summed E-state index contributed by atoms with van der Waals surface area (Å²) >= 11 is 4.28. The Bertz CT molecular complexity index is 297. The summed E-state index contributed by atoms with van der Waals surface area (Å²) in [6.45, 7) is 4.26. The highest BCUT2D eigenvalue weighted by molar-refractivity contribution is 7.84. The van der Waals surface area contributed by atoms with Crippen LogP contribution in [0.2, 0.25) is 0 Å². The Labute approximate surface area is 102 Å². The molecule has 0 saturated carbocycles. The molecular formula is C12H18O3S. The Morgan fingerprint density at radius 2 is 2.25 bits per heavy atom. The van der Waals surface area contributed by atoms with Gasteiger partial charge in [-0.25, -0.2) is 4.79 Å². The van der Waals surface area contributed by atoms with Gasteiger partial charge in [-0.3, -0.25) is 0 Å². The van der Waals surface area contributed by atoms with Gasteiger partial charge in [0.25, 0.3) is 0 Å². The Morgan fingerprint density at radius 3 is 2.88 bits per heavy atom. The van der Waals surface area contributed by atoms with Gasteiger partial charge in [0.1, 0.15) is 6.61 Å². The van der Waals surface area contributed by atoms with E-state index >= 15 is 0 Å². The zero-order valence-electron chi connectivity index (χ0n) is 9.68. The number of esters is 1. The molecule has 0 N–H and O–H groups in total. The summed E-state index contributed by atoms with van der Waals surface area (Å²) in [5.41, 5.74) is 0. The van der Waals surface area contributed by atoms with Gasteiger partial charge in [0.2, 0.25) is 0 Å². The maximum atomic E-state index is 11.1. The lowest BCUT2D eigenvalue weighted by Crippen LogP contribution is -2.26. The summed E-state index contributed by atoms with van der Waals surface area (Å²) in [6.07, 6.45) is 6.80. The molecule has 0 aromatic rings. The van der Waals surface area contributed by atoms with Gasteiger partial charge >= 0.3 is 5.97 Å². The van der Waals surface area contributed by atoms with Crippen LogP contribution in [-0.2, 0) is 14.3 Å². The van der Waals surface area contributed by atoms with Crippen molar-refractivity contribution in [2.24, 2.45) is 5.92 Å². The molecule has 1 aliphatic rings. The summed E-state index contributed by atoms with van der Waals surface area (Å²) in [6, 6.07) is 0. The smallest absolute Gasteiger partial charge is 0.332 e. The monoisotopic (exact) mass is 242 g/mol. The van der Waals surface area contributed by atoms with Gasteiger partial charge in [-0.1, -0.05) is 25.2 Å².